The van der Waals surface area contributed by atoms with Crippen LogP contribution in [0.3, 0.4) is 0 Å². The molecule has 1 aliphatic heterocycles. The van der Waals surface area contributed by atoms with E-state index < -0.39 is 0 Å². The van der Waals surface area contributed by atoms with Crippen molar-refractivity contribution in [3.63, 3.8) is 0 Å². The molecule has 9 rings (SSSR count). The lowest BCUT2D eigenvalue weighted by Gasteiger charge is -2.26. The van der Waals surface area contributed by atoms with Crippen molar-refractivity contribution < 1.29 is 0 Å². The molecule has 0 radical (unpaired) electrons. The Labute approximate surface area is 309 Å². The molecule has 254 valence electrons. The van der Waals surface area contributed by atoms with Crippen LogP contribution in [0.4, 0.5) is 11.4 Å². The van der Waals surface area contributed by atoms with Crippen LogP contribution in [0, 0.1) is 20.8 Å². The third-order valence-corrected chi connectivity index (χ3v) is 9.66. The highest BCUT2D eigenvalue weighted by atomic mass is 15.2. The zero-order valence-corrected chi connectivity index (χ0v) is 30.3. The summed E-state index contributed by atoms with van der Waals surface area (Å²) in [7, 11) is 0. The molecule has 0 amide bonds. The van der Waals surface area contributed by atoms with Crippen molar-refractivity contribution in [1.29, 1.82) is 0 Å². The van der Waals surface area contributed by atoms with Gasteiger partial charge in [-0.2, -0.15) is 0 Å². The van der Waals surface area contributed by atoms with Gasteiger partial charge >= 0.3 is 0 Å². The van der Waals surface area contributed by atoms with E-state index in [-0.39, 0.29) is 0 Å². The van der Waals surface area contributed by atoms with Crippen LogP contribution in [0.1, 0.15) is 34.6 Å². The number of aryl methyl sites for hydroxylation is 3. The van der Waals surface area contributed by atoms with E-state index >= 15 is 0 Å². The first-order valence-corrected chi connectivity index (χ1v) is 18.2. The maximum Gasteiger partial charge on any atom is 0.0503 e. The van der Waals surface area contributed by atoms with E-state index in [1.807, 2.05) is 36.4 Å². The third-order valence-electron chi connectivity index (χ3n) is 9.66. The Morgan fingerprint density at radius 2 is 0.923 bits per heavy atom. The van der Waals surface area contributed by atoms with Gasteiger partial charge in [-0.25, -0.2) is 0 Å². The highest BCUT2D eigenvalue weighted by Gasteiger charge is 2.35. The Morgan fingerprint density at radius 3 is 1.44 bits per heavy atom. The van der Waals surface area contributed by atoms with E-state index in [0.29, 0.717) is 5.92 Å². The van der Waals surface area contributed by atoms with Crippen LogP contribution in [0.25, 0.3) is 33.4 Å². The quantitative estimate of drug-likeness (QED) is 0.180. The SMILES string of the molecule is Cc1cccc(-c2ccc3c(c2)N(c2cc(-c4ccccc4)cc(-c4ccccc4)c2)C2=CC=CCC23)c1.Cc1ccccc1.Cc1ccccc1. The molecule has 0 saturated carbocycles. The molecule has 1 aliphatic carbocycles. The Morgan fingerprint density at radius 1 is 0.423 bits per heavy atom. The second kappa shape index (κ2) is 16.2. The number of nitrogens with zero attached hydrogens (tertiary/aromatic N) is 1. The maximum atomic E-state index is 2.50. The summed E-state index contributed by atoms with van der Waals surface area (Å²) in [5.41, 5.74) is 16.6. The molecule has 0 fully saturated rings. The lowest BCUT2D eigenvalue weighted by Crippen LogP contribution is -2.14. The van der Waals surface area contributed by atoms with Gasteiger partial charge in [-0.15, -0.1) is 0 Å². The smallest absolute Gasteiger partial charge is 0.0503 e. The number of allylic oxidation sites excluding steroid dienone is 4. The van der Waals surface area contributed by atoms with E-state index in [1.165, 1.54) is 72.7 Å². The van der Waals surface area contributed by atoms with Crippen molar-refractivity contribution in [3.05, 3.63) is 228 Å². The van der Waals surface area contributed by atoms with Crippen LogP contribution in [0.15, 0.2) is 206 Å². The van der Waals surface area contributed by atoms with Gasteiger partial charge in [-0.1, -0.05) is 187 Å². The summed E-state index contributed by atoms with van der Waals surface area (Å²) in [5.74, 6) is 0.377. The number of rotatable bonds is 4. The van der Waals surface area contributed by atoms with Gasteiger partial charge in [-0.3, -0.25) is 0 Å². The van der Waals surface area contributed by atoms with E-state index in [1.54, 1.807) is 0 Å². The first-order valence-electron chi connectivity index (χ1n) is 18.2. The van der Waals surface area contributed by atoms with Gasteiger partial charge in [0.1, 0.15) is 0 Å². The average molecular weight is 672 g/mol. The van der Waals surface area contributed by atoms with Gasteiger partial charge in [0.05, 0.1) is 5.69 Å². The normalized spacial score (nSPS) is 13.8. The second-order valence-electron chi connectivity index (χ2n) is 13.6. The van der Waals surface area contributed by atoms with E-state index in [2.05, 4.69) is 189 Å². The molecule has 1 heterocycles. The van der Waals surface area contributed by atoms with Crippen LogP contribution >= 0.6 is 0 Å². The third kappa shape index (κ3) is 8.06. The molecule has 1 unspecified atom stereocenters. The molecule has 1 heteroatoms. The molecule has 1 atom stereocenters. The summed E-state index contributed by atoms with van der Waals surface area (Å²) in [6, 6.07) is 64.8. The first kappa shape index (κ1) is 34.3. The molecule has 52 heavy (non-hydrogen) atoms. The molecular weight excluding hydrogens is 627 g/mol. The molecule has 7 aromatic carbocycles. The van der Waals surface area contributed by atoms with Crippen LogP contribution in [-0.4, -0.2) is 0 Å². The summed E-state index contributed by atoms with van der Waals surface area (Å²) in [4.78, 5) is 2.50. The van der Waals surface area contributed by atoms with E-state index in [0.717, 1.165) is 6.42 Å². The number of hydrogen-bond acceptors (Lipinski definition) is 1. The van der Waals surface area contributed by atoms with Crippen molar-refractivity contribution >= 4 is 11.4 Å². The van der Waals surface area contributed by atoms with Crippen molar-refractivity contribution in [3.8, 4) is 33.4 Å². The van der Waals surface area contributed by atoms with Gasteiger partial charge < -0.3 is 4.90 Å². The van der Waals surface area contributed by atoms with Crippen LogP contribution < -0.4 is 4.90 Å². The molecule has 0 saturated heterocycles. The lowest BCUT2D eigenvalue weighted by atomic mass is 9.91. The predicted molar refractivity (Wildman–Crippen MR) is 223 cm³/mol. The van der Waals surface area contributed by atoms with Gasteiger partial charge in [-0.05, 0) is 96.5 Å². The van der Waals surface area contributed by atoms with Gasteiger partial charge in [0.2, 0.25) is 0 Å². The minimum Gasteiger partial charge on any atom is -0.313 e. The molecule has 0 spiro atoms. The second-order valence-corrected chi connectivity index (χ2v) is 13.6. The Bertz CT molecular complexity index is 2190. The maximum absolute atomic E-state index is 2.50. The molecule has 0 aromatic heterocycles. The van der Waals surface area contributed by atoms with Crippen LogP contribution in [-0.2, 0) is 0 Å². The fourth-order valence-electron chi connectivity index (χ4n) is 7.00. The standard InChI is InChI=1S/C37H29N.2C7H8/c1-26-11-10-16-29(21-26)30-19-20-35-34-17-8-9-18-36(34)38(37(35)25-30)33-23-31(27-12-4-2-5-13-27)22-32(24-33)28-14-6-3-7-15-28;2*1-7-5-3-2-4-6-7/h2-16,18-25,34H,17H2,1H3;2*2-6H,1H3. The average Bonchev–Trinajstić information content (AvgIpc) is 3.53. The molecule has 2 aliphatic rings. The number of benzene rings is 7. The van der Waals surface area contributed by atoms with Crippen LogP contribution in [0.5, 0.6) is 0 Å². The zero-order chi connectivity index (χ0) is 35.7. The highest BCUT2D eigenvalue weighted by Crippen LogP contribution is 2.52. The Kier molecular flexibility index (Phi) is 10.7. The fraction of sp³-hybridized carbons (Fsp3) is 0.0980. The van der Waals surface area contributed by atoms with Crippen molar-refractivity contribution in [2.75, 3.05) is 4.90 Å². The summed E-state index contributed by atoms with van der Waals surface area (Å²) >= 11 is 0. The van der Waals surface area contributed by atoms with Gasteiger partial charge in [0, 0.05) is 17.3 Å². The molecule has 7 aromatic rings. The summed E-state index contributed by atoms with van der Waals surface area (Å²) < 4.78 is 0. The Balaban J connectivity index is 0.000000250. The van der Waals surface area contributed by atoms with Crippen molar-refractivity contribution in [2.24, 2.45) is 0 Å². The molecular formula is C51H45N. The fourth-order valence-corrected chi connectivity index (χ4v) is 7.00. The highest BCUT2D eigenvalue weighted by molar-refractivity contribution is 5.87. The summed E-state index contributed by atoms with van der Waals surface area (Å²) in [6.07, 6.45) is 7.85. The van der Waals surface area contributed by atoms with Crippen molar-refractivity contribution in [2.45, 2.75) is 33.1 Å². The van der Waals surface area contributed by atoms with E-state index in [9.17, 15) is 0 Å². The number of fused-ring (bicyclic) bond motifs is 3. The molecule has 1 nitrogen and oxygen atoms in total. The molecule has 0 N–H and O–H groups in total. The minimum atomic E-state index is 0.377. The number of anilines is 2. The number of hydrogen-bond donors (Lipinski definition) is 0. The molecule has 0 bridgehead atoms. The topological polar surface area (TPSA) is 3.24 Å². The van der Waals surface area contributed by atoms with Gasteiger partial charge in [0.15, 0.2) is 0 Å². The largest absolute Gasteiger partial charge is 0.313 e. The lowest BCUT2D eigenvalue weighted by molar-refractivity contribution is 0.820. The summed E-state index contributed by atoms with van der Waals surface area (Å²) in [5, 5.41) is 0. The van der Waals surface area contributed by atoms with Gasteiger partial charge in [0.25, 0.3) is 0 Å². The van der Waals surface area contributed by atoms with Crippen LogP contribution in [0.2, 0.25) is 0 Å². The minimum absolute atomic E-state index is 0.377. The predicted octanol–water partition coefficient (Wildman–Crippen LogP) is 14.1. The van der Waals surface area contributed by atoms with E-state index in [4.69, 9.17) is 0 Å². The Hall–Kier alpha value is -6.18. The zero-order valence-electron chi connectivity index (χ0n) is 30.3. The summed E-state index contributed by atoms with van der Waals surface area (Å²) in [6.45, 7) is 6.33. The van der Waals surface area contributed by atoms with Crippen molar-refractivity contribution in [1.82, 2.24) is 0 Å². The first-order chi connectivity index (χ1) is 25.5. The monoisotopic (exact) mass is 671 g/mol.